The summed E-state index contributed by atoms with van der Waals surface area (Å²) in [5, 5.41) is 23.2. The highest BCUT2D eigenvalue weighted by molar-refractivity contribution is 5.76. The van der Waals surface area contributed by atoms with Gasteiger partial charge in [0, 0.05) is 6.42 Å². The van der Waals surface area contributed by atoms with Crippen molar-refractivity contribution in [2.75, 3.05) is 6.61 Å². The molecule has 4 nitrogen and oxygen atoms in total. The molecule has 0 aromatic rings. The van der Waals surface area contributed by atoms with Gasteiger partial charge >= 0.3 is 0 Å². The molecule has 0 saturated carbocycles. The van der Waals surface area contributed by atoms with Gasteiger partial charge in [-0.1, -0.05) is 300 Å². The zero-order chi connectivity index (χ0) is 47.0. The van der Waals surface area contributed by atoms with Crippen LogP contribution in [-0.4, -0.2) is 34.9 Å². The van der Waals surface area contributed by atoms with Crippen molar-refractivity contribution < 1.29 is 15.0 Å². The van der Waals surface area contributed by atoms with Crippen molar-refractivity contribution in [1.29, 1.82) is 0 Å². The number of carbonyl (C=O) groups is 1. The van der Waals surface area contributed by atoms with Crippen LogP contribution < -0.4 is 5.32 Å². The van der Waals surface area contributed by atoms with E-state index in [0.717, 1.165) is 51.4 Å². The average Bonchev–Trinajstić information content (AvgIpc) is 3.31. The molecule has 0 aliphatic carbocycles. The normalized spacial score (nSPS) is 13.1. The average molecular weight is 911 g/mol. The van der Waals surface area contributed by atoms with Gasteiger partial charge in [-0.3, -0.25) is 4.79 Å². The van der Waals surface area contributed by atoms with Crippen LogP contribution in [0.5, 0.6) is 0 Å². The molecular weight excluding hydrogens is 795 g/mol. The quantitative estimate of drug-likeness (QED) is 0.0421. The Hall–Kier alpha value is -1.65. The lowest BCUT2D eigenvalue weighted by Gasteiger charge is -2.20. The van der Waals surface area contributed by atoms with E-state index in [9.17, 15) is 15.0 Å². The van der Waals surface area contributed by atoms with E-state index in [4.69, 9.17) is 0 Å². The number of aliphatic hydroxyl groups is 2. The fraction of sp³-hybridized carbons (Fsp3) is 0.852. The summed E-state index contributed by atoms with van der Waals surface area (Å²) in [6, 6.07) is -0.632. The van der Waals surface area contributed by atoms with E-state index in [0.29, 0.717) is 6.42 Å². The Morgan fingerprint density at radius 2 is 0.631 bits per heavy atom. The second-order valence-electron chi connectivity index (χ2n) is 20.1. The van der Waals surface area contributed by atoms with Gasteiger partial charge in [-0.05, 0) is 57.8 Å². The summed E-state index contributed by atoms with van der Waals surface area (Å²) in [6.45, 7) is 4.32. The number of rotatable bonds is 54. The molecule has 0 radical (unpaired) electrons. The zero-order valence-electron chi connectivity index (χ0n) is 44.0. The van der Waals surface area contributed by atoms with Gasteiger partial charge < -0.3 is 15.5 Å². The standard InChI is InChI=1S/C61H115NO3/c1-3-5-7-9-11-13-15-17-19-21-23-25-26-27-28-29-30-31-32-33-34-35-37-38-40-42-44-46-48-50-52-54-56-60(64)59(58-63)62-61(65)57-55-53-51-49-47-45-43-41-39-36-24-22-20-18-16-14-12-10-8-6-4-2/h16,18,22,24,39,41,54,56,59-60,63-64H,3-15,17,19-21,23,25-38,40,42-53,55,57-58H2,1-2H3,(H,62,65)/b18-16-,24-22-,41-39-,56-54+. The van der Waals surface area contributed by atoms with Crippen LogP contribution in [0.3, 0.4) is 0 Å². The minimum absolute atomic E-state index is 0.0736. The number of aliphatic hydroxyl groups excluding tert-OH is 2. The first-order valence-corrected chi connectivity index (χ1v) is 29.4. The van der Waals surface area contributed by atoms with E-state index in [-0.39, 0.29) is 12.5 Å². The minimum atomic E-state index is -0.848. The Labute approximate surface area is 407 Å². The molecule has 0 rings (SSSR count). The maximum Gasteiger partial charge on any atom is 0.220 e. The Morgan fingerprint density at radius 1 is 0.369 bits per heavy atom. The number of hydrogen-bond acceptors (Lipinski definition) is 3. The van der Waals surface area contributed by atoms with Crippen LogP contribution in [0.15, 0.2) is 48.6 Å². The zero-order valence-corrected chi connectivity index (χ0v) is 44.0. The lowest BCUT2D eigenvalue weighted by Crippen LogP contribution is -2.45. The molecule has 0 aliphatic heterocycles. The van der Waals surface area contributed by atoms with Gasteiger partial charge in [0.15, 0.2) is 0 Å². The highest BCUT2D eigenvalue weighted by atomic mass is 16.3. The largest absolute Gasteiger partial charge is 0.394 e. The van der Waals surface area contributed by atoms with Crippen LogP contribution >= 0.6 is 0 Å². The first-order chi connectivity index (χ1) is 32.2. The second kappa shape index (κ2) is 56.7. The van der Waals surface area contributed by atoms with E-state index < -0.39 is 12.1 Å². The molecule has 0 bridgehead atoms. The molecule has 3 N–H and O–H groups in total. The Bertz CT molecular complexity index is 1030. The molecule has 0 heterocycles. The lowest BCUT2D eigenvalue weighted by molar-refractivity contribution is -0.123. The predicted molar refractivity (Wildman–Crippen MR) is 290 cm³/mol. The summed E-state index contributed by atoms with van der Waals surface area (Å²) in [5.74, 6) is -0.0736. The summed E-state index contributed by atoms with van der Waals surface area (Å²) in [5.41, 5.74) is 0. The van der Waals surface area contributed by atoms with Crippen molar-refractivity contribution >= 4 is 5.91 Å². The van der Waals surface area contributed by atoms with Gasteiger partial charge in [0.05, 0.1) is 18.8 Å². The third kappa shape index (κ3) is 53.2. The molecule has 382 valence electrons. The van der Waals surface area contributed by atoms with Gasteiger partial charge in [0.2, 0.25) is 5.91 Å². The lowest BCUT2D eigenvalue weighted by atomic mass is 10.0. The van der Waals surface area contributed by atoms with Gasteiger partial charge in [-0.25, -0.2) is 0 Å². The molecule has 0 saturated heterocycles. The summed E-state index contributed by atoms with van der Waals surface area (Å²) in [7, 11) is 0. The van der Waals surface area contributed by atoms with E-state index in [1.807, 2.05) is 6.08 Å². The molecule has 65 heavy (non-hydrogen) atoms. The van der Waals surface area contributed by atoms with Crippen LogP contribution in [0.4, 0.5) is 0 Å². The maximum atomic E-state index is 12.5. The molecule has 0 aliphatic rings. The Balaban J connectivity index is 3.48. The molecule has 4 heteroatoms. The van der Waals surface area contributed by atoms with Crippen LogP contribution in [-0.2, 0) is 4.79 Å². The van der Waals surface area contributed by atoms with Gasteiger partial charge in [0.1, 0.15) is 0 Å². The Kier molecular flexibility index (Phi) is 55.2. The summed E-state index contributed by atoms with van der Waals surface area (Å²) in [4.78, 5) is 12.5. The molecular formula is C61H115NO3. The van der Waals surface area contributed by atoms with Gasteiger partial charge in [0.25, 0.3) is 0 Å². The van der Waals surface area contributed by atoms with Crippen LogP contribution in [0.1, 0.15) is 316 Å². The number of hydrogen-bond donors (Lipinski definition) is 3. The molecule has 2 unspecified atom stereocenters. The van der Waals surface area contributed by atoms with Crippen LogP contribution in [0.2, 0.25) is 0 Å². The fourth-order valence-electron chi connectivity index (χ4n) is 9.07. The van der Waals surface area contributed by atoms with Crippen LogP contribution in [0.25, 0.3) is 0 Å². The molecule has 0 aromatic heterocycles. The van der Waals surface area contributed by atoms with Crippen molar-refractivity contribution in [2.45, 2.75) is 328 Å². The van der Waals surface area contributed by atoms with E-state index in [1.165, 1.54) is 244 Å². The molecule has 2 atom stereocenters. The number of amides is 1. The first kappa shape index (κ1) is 63.4. The third-order valence-electron chi connectivity index (χ3n) is 13.6. The van der Waals surface area contributed by atoms with E-state index in [2.05, 4.69) is 55.6 Å². The molecule has 0 fully saturated rings. The van der Waals surface area contributed by atoms with Crippen molar-refractivity contribution in [3.63, 3.8) is 0 Å². The maximum absolute atomic E-state index is 12.5. The summed E-state index contributed by atoms with van der Waals surface area (Å²) >= 11 is 0. The molecule has 0 aromatic carbocycles. The number of carbonyl (C=O) groups excluding carboxylic acids is 1. The van der Waals surface area contributed by atoms with Crippen molar-refractivity contribution in [3.05, 3.63) is 48.6 Å². The fourth-order valence-corrected chi connectivity index (χ4v) is 9.07. The SMILES string of the molecule is CCCCCCC/C=C\C/C=C\C/C=C\CCCCCCCCC(=O)NC(CO)C(O)/C=C/CCCCCCCCCCCCCCCCCCCCCCCCCCCCCCCC. The second-order valence-corrected chi connectivity index (χ2v) is 20.1. The molecule has 1 amide bonds. The van der Waals surface area contributed by atoms with Crippen molar-refractivity contribution in [1.82, 2.24) is 5.32 Å². The van der Waals surface area contributed by atoms with Gasteiger partial charge in [-0.2, -0.15) is 0 Å². The highest BCUT2D eigenvalue weighted by Gasteiger charge is 2.18. The minimum Gasteiger partial charge on any atom is -0.394 e. The smallest absolute Gasteiger partial charge is 0.220 e. The Morgan fingerprint density at radius 3 is 0.938 bits per heavy atom. The van der Waals surface area contributed by atoms with Gasteiger partial charge in [-0.15, -0.1) is 0 Å². The van der Waals surface area contributed by atoms with Crippen molar-refractivity contribution in [2.24, 2.45) is 0 Å². The third-order valence-corrected chi connectivity index (χ3v) is 13.6. The number of nitrogens with one attached hydrogen (secondary N) is 1. The highest BCUT2D eigenvalue weighted by Crippen LogP contribution is 2.17. The van der Waals surface area contributed by atoms with E-state index in [1.54, 1.807) is 6.08 Å². The summed E-state index contributed by atoms with van der Waals surface area (Å²) in [6.07, 6.45) is 78.6. The number of allylic oxidation sites excluding steroid dienone is 7. The number of unbranched alkanes of at least 4 members (excludes halogenated alkanes) is 41. The first-order valence-electron chi connectivity index (χ1n) is 29.4. The predicted octanol–water partition coefficient (Wildman–Crippen LogP) is 19.4. The topological polar surface area (TPSA) is 69.6 Å². The van der Waals surface area contributed by atoms with E-state index >= 15 is 0 Å². The van der Waals surface area contributed by atoms with Crippen molar-refractivity contribution in [3.8, 4) is 0 Å². The van der Waals surface area contributed by atoms with Crippen LogP contribution in [0, 0.1) is 0 Å². The molecule has 0 spiro atoms. The summed E-state index contributed by atoms with van der Waals surface area (Å²) < 4.78 is 0. The monoisotopic (exact) mass is 910 g/mol.